The van der Waals surface area contributed by atoms with Gasteiger partial charge < -0.3 is 25.6 Å². The first-order chi connectivity index (χ1) is 16.7. The van der Waals surface area contributed by atoms with E-state index >= 15 is 0 Å². The smallest absolute Gasteiger partial charge is 0.407 e. The van der Waals surface area contributed by atoms with Gasteiger partial charge in [-0.1, -0.05) is 12.1 Å². The summed E-state index contributed by atoms with van der Waals surface area (Å²) in [7, 11) is 2.08. The lowest BCUT2D eigenvalue weighted by atomic mass is 9.98. The van der Waals surface area contributed by atoms with E-state index in [1.165, 1.54) is 0 Å². The van der Waals surface area contributed by atoms with E-state index in [9.17, 15) is 18.0 Å². The third-order valence-electron chi connectivity index (χ3n) is 6.24. The molecule has 1 aliphatic rings. The average molecular weight is 510 g/mol. The average Bonchev–Trinajstić information content (AvgIpc) is 2.76. The minimum absolute atomic E-state index is 0.0257. The summed E-state index contributed by atoms with van der Waals surface area (Å²) in [6.45, 7) is 10.4. The highest BCUT2D eigenvalue weighted by Crippen LogP contribution is 2.39. The number of nitrogens with zero attached hydrogens (tertiary/aromatic N) is 2. The van der Waals surface area contributed by atoms with Gasteiger partial charge in [0.25, 0.3) is 0 Å². The maximum absolute atomic E-state index is 13.8. The number of nitrogens with one attached hydrogen (secondary N) is 3. The molecule has 1 fully saturated rings. The van der Waals surface area contributed by atoms with Crippen LogP contribution in [0.5, 0.6) is 0 Å². The molecule has 0 radical (unpaired) electrons. The van der Waals surface area contributed by atoms with Crippen molar-refractivity contribution in [3.8, 4) is 0 Å². The number of anilines is 2. The number of benzene rings is 1. The number of carbonyl (C=O) groups excluding carboxylic acids is 1. The fourth-order valence-electron chi connectivity index (χ4n) is 4.19. The maximum Gasteiger partial charge on any atom is 0.407 e. The molecule has 2 unspecified atom stereocenters. The van der Waals surface area contributed by atoms with Crippen LogP contribution in [-0.4, -0.2) is 66.5 Å². The van der Waals surface area contributed by atoms with Crippen LogP contribution in [0.1, 0.15) is 59.1 Å². The molecule has 36 heavy (non-hydrogen) atoms. The summed E-state index contributed by atoms with van der Waals surface area (Å²) < 4.78 is 46.5. The van der Waals surface area contributed by atoms with Crippen LogP contribution >= 0.6 is 0 Å². The van der Waals surface area contributed by atoms with Crippen LogP contribution in [0.4, 0.5) is 29.5 Å². The minimum Gasteiger partial charge on any atom is -0.444 e. The second kappa shape index (κ2) is 11.1. The number of hydrogen-bond acceptors (Lipinski definition) is 6. The number of likely N-dealkylation sites (tertiary alicyclic amines) is 1. The summed E-state index contributed by atoms with van der Waals surface area (Å²) in [6.07, 6.45) is -3.06. The zero-order valence-corrected chi connectivity index (χ0v) is 21.9. The molecular formula is C26H38F3N5O2. The van der Waals surface area contributed by atoms with Gasteiger partial charge in [0, 0.05) is 35.1 Å². The molecule has 1 aliphatic heterocycles. The van der Waals surface area contributed by atoms with E-state index in [2.05, 4.69) is 32.9 Å². The molecule has 200 valence electrons. The molecule has 1 amide bonds. The molecule has 0 bridgehead atoms. The van der Waals surface area contributed by atoms with Gasteiger partial charge in [-0.05, 0) is 79.7 Å². The standard InChI is InChI=1S/C26H38F3N5O2/c1-16(31-24(35)36-25(3,4)5)15-30-22-14-20-19(23(33-22)17(2)26(27,28)29)8-7-9-21(20)32-18-10-12-34(6)13-11-18/h7-9,14,16-18,32H,10-13,15H2,1-6H3,(H,30,33)(H,31,35). The first-order valence-corrected chi connectivity index (χ1v) is 12.4. The van der Waals surface area contributed by atoms with Gasteiger partial charge in [-0.2, -0.15) is 13.2 Å². The Bertz CT molecular complexity index is 1050. The Morgan fingerprint density at radius 1 is 1.17 bits per heavy atom. The third kappa shape index (κ3) is 7.62. The van der Waals surface area contributed by atoms with Crippen LogP contribution < -0.4 is 16.0 Å². The van der Waals surface area contributed by atoms with Crippen molar-refractivity contribution in [1.29, 1.82) is 0 Å². The third-order valence-corrected chi connectivity index (χ3v) is 6.24. The van der Waals surface area contributed by atoms with Crippen molar-refractivity contribution in [2.45, 2.75) is 77.2 Å². The molecule has 1 aromatic heterocycles. The van der Waals surface area contributed by atoms with Gasteiger partial charge in [-0.15, -0.1) is 0 Å². The predicted octanol–water partition coefficient (Wildman–Crippen LogP) is 5.73. The number of fused-ring (bicyclic) bond motifs is 1. The van der Waals surface area contributed by atoms with Crippen molar-refractivity contribution in [3.05, 3.63) is 30.0 Å². The van der Waals surface area contributed by atoms with E-state index in [1.807, 2.05) is 6.07 Å². The molecular weight excluding hydrogens is 471 g/mol. The molecule has 0 spiro atoms. The lowest BCUT2D eigenvalue weighted by Gasteiger charge is -2.30. The summed E-state index contributed by atoms with van der Waals surface area (Å²) in [4.78, 5) is 18.7. The van der Waals surface area contributed by atoms with Crippen molar-refractivity contribution in [2.75, 3.05) is 37.3 Å². The Morgan fingerprint density at radius 3 is 2.44 bits per heavy atom. The van der Waals surface area contributed by atoms with Crippen LogP contribution in [0.3, 0.4) is 0 Å². The second-order valence-corrected chi connectivity index (χ2v) is 10.7. The maximum atomic E-state index is 13.8. The highest BCUT2D eigenvalue weighted by atomic mass is 19.4. The molecule has 2 aromatic rings. The molecule has 1 saturated heterocycles. The molecule has 0 aliphatic carbocycles. The van der Waals surface area contributed by atoms with E-state index in [1.54, 1.807) is 45.9 Å². The molecule has 2 heterocycles. The molecule has 7 nitrogen and oxygen atoms in total. The molecule has 10 heteroatoms. The zero-order valence-electron chi connectivity index (χ0n) is 21.9. The van der Waals surface area contributed by atoms with Gasteiger partial charge in [0.15, 0.2) is 0 Å². The lowest BCUT2D eigenvalue weighted by Crippen LogP contribution is -2.40. The number of piperidine rings is 1. The van der Waals surface area contributed by atoms with Crippen molar-refractivity contribution in [1.82, 2.24) is 15.2 Å². The van der Waals surface area contributed by atoms with Crippen LogP contribution in [0.2, 0.25) is 0 Å². The topological polar surface area (TPSA) is 78.5 Å². The second-order valence-electron chi connectivity index (χ2n) is 10.7. The largest absolute Gasteiger partial charge is 0.444 e. The summed E-state index contributed by atoms with van der Waals surface area (Å²) >= 11 is 0. The molecule has 0 saturated carbocycles. The highest BCUT2D eigenvalue weighted by Gasteiger charge is 2.39. The van der Waals surface area contributed by atoms with Crippen LogP contribution in [0, 0.1) is 0 Å². The quantitative estimate of drug-likeness (QED) is 0.442. The number of hydrogen-bond donors (Lipinski definition) is 3. The van der Waals surface area contributed by atoms with Crippen molar-refractivity contribution < 1.29 is 22.7 Å². The van der Waals surface area contributed by atoms with Gasteiger partial charge in [-0.3, -0.25) is 0 Å². The van der Waals surface area contributed by atoms with E-state index in [-0.39, 0.29) is 24.3 Å². The molecule has 3 rings (SSSR count). The van der Waals surface area contributed by atoms with Crippen molar-refractivity contribution >= 4 is 28.4 Å². The van der Waals surface area contributed by atoms with E-state index in [4.69, 9.17) is 4.74 Å². The number of halogens is 3. The van der Waals surface area contributed by atoms with Crippen LogP contribution in [0.15, 0.2) is 24.3 Å². The summed E-state index contributed by atoms with van der Waals surface area (Å²) in [5, 5.41) is 10.5. The SMILES string of the molecule is CC(CNc1cc2c(NC3CCN(C)CC3)cccc2c(C(C)C(F)(F)F)n1)NC(=O)OC(C)(C)C. The highest BCUT2D eigenvalue weighted by molar-refractivity contribution is 5.97. The van der Waals surface area contributed by atoms with Gasteiger partial charge in [-0.25, -0.2) is 9.78 Å². The zero-order chi connectivity index (χ0) is 26.7. The van der Waals surface area contributed by atoms with Crippen LogP contribution in [0.25, 0.3) is 10.8 Å². The number of ether oxygens (including phenoxy) is 1. The van der Waals surface area contributed by atoms with Gasteiger partial charge >= 0.3 is 12.3 Å². The summed E-state index contributed by atoms with van der Waals surface area (Å²) in [6, 6.07) is 7.05. The fraction of sp³-hybridized carbons (Fsp3) is 0.615. The number of alkyl carbamates (subject to hydrolysis) is 1. The Morgan fingerprint density at radius 2 is 1.83 bits per heavy atom. The normalized spacial score (nSPS) is 17.5. The first kappa shape index (κ1) is 27.8. The predicted molar refractivity (Wildman–Crippen MR) is 138 cm³/mol. The van der Waals surface area contributed by atoms with E-state index in [0.29, 0.717) is 16.6 Å². The number of alkyl halides is 3. The van der Waals surface area contributed by atoms with Crippen LogP contribution in [-0.2, 0) is 4.74 Å². The van der Waals surface area contributed by atoms with Crippen molar-refractivity contribution in [2.24, 2.45) is 0 Å². The Balaban J connectivity index is 1.87. The number of aromatic nitrogens is 1. The summed E-state index contributed by atoms with van der Waals surface area (Å²) in [5.41, 5.74) is 0.141. The fourth-order valence-corrected chi connectivity index (χ4v) is 4.19. The van der Waals surface area contributed by atoms with Gasteiger partial charge in [0.1, 0.15) is 11.4 Å². The van der Waals surface area contributed by atoms with E-state index in [0.717, 1.165) is 38.5 Å². The number of amides is 1. The Hall–Kier alpha value is -2.75. The Kier molecular flexibility index (Phi) is 8.59. The number of rotatable bonds is 7. The lowest BCUT2D eigenvalue weighted by molar-refractivity contribution is -0.146. The van der Waals surface area contributed by atoms with E-state index < -0.39 is 23.8 Å². The number of pyridine rings is 1. The van der Waals surface area contributed by atoms with Crippen molar-refractivity contribution in [3.63, 3.8) is 0 Å². The summed E-state index contributed by atoms with van der Waals surface area (Å²) in [5.74, 6) is -1.42. The number of carbonyl (C=O) groups is 1. The first-order valence-electron chi connectivity index (χ1n) is 12.4. The molecule has 3 N–H and O–H groups in total. The molecule has 2 atom stereocenters. The van der Waals surface area contributed by atoms with Gasteiger partial charge in [0.2, 0.25) is 0 Å². The van der Waals surface area contributed by atoms with Gasteiger partial charge in [0.05, 0.1) is 11.6 Å². The monoisotopic (exact) mass is 509 g/mol. The molecule has 1 aromatic carbocycles. The minimum atomic E-state index is -4.43. The Labute approximate surface area is 211 Å².